The summed E-state index contributed by atoms with van der Waals surface area (Å²) in [4.78, 5) is 4.20. The Morgan fingerprint density at radius 2 is 2.07 bits per heavy atom. The van der Waals surface area contributed by atoms with Crippen LogP contribution in [-0.2, 0) is 6.54 Å². The first-order valence-corrected chi connectivity index (χ1v) is 9.61. The Kier molecular flexibility index (Phi) is 5.57. The molecule has 0 amide bonds. The van der Waals surface area contributed by atoms with E-state index in [2.05, 4.69) is 20.8 Å². The number of benzene rings is 2. The van der Waals surface area contributed by atoms with E-state index >= 15 is 0 Å². The molecule has 0 spiro atoms. The highest BCUT2D eigenvalue weighted by molar-refractivity contribution is 5.80. The molecule has 0 bridgehead atoms. The van der Waals surface area contributed by atoms with Crippen LogP contribution < -0.4 is 10.6 Å². The third-order valence-corrected chi connectivity index (χ3v) is 4.98. The number of aliphatic hydroxyl groups is 1. The topological polar surface area (TPSA) is 82.7 Å². The molecule has 6 nitrogen and oxygen atoms in total. The SMILES string of the molecule is CC(c1ccc(-c2ccccc2)c(F)c1)c1cc(CNC2=NCC(O)CN2)no1. The average Bonchev–Trinajstić information content (AvgIpc) is 3.22. The van der Waals surface area contributed by atoms with Gasteiger partial charge in [-0.1, -0.05) is 54.5 Å². The lowest BCUT2D eigenvalue weighted by atomic mass is 9.95. The molecule has 3 aromatic rings. The molecule has 7 heteroatoms. The number of halogens is 1. The molecule has 4 rings (SSSR count). The predicted octanol–water partition coefficient (Wildman–Crippen LogP) is 3.04. The number of nitrogens with zero attached hydrogens (tertiary/aromatic N) is 2. The maximum absolute atomic E-state index is 14.7. The normalized spacial score (nSPS) is 17.3. The van der Waals surface area contributed by atoms with Crippen LogP contribution in [0.3, 0.4) is 0 Å². The molecule has 0 saturated heterocycles. The van der Waals surface area contributed by atoms with Crippen molar-refractivity contribution in [3.63, 3.8) is 0 Å². The van der Waals surface area contributed by atoms with Crippen molar-refractivity contribution >= 4 is 5.96 Å². The van der Waals surface area contributed by atoms with Gasteiger partial charge in [0.25, 0.3) is 0 Å². The maximum atomic E-state index is 14.7. The molecule has 29 heavy (non-hydrogen) atoms. The van der Waals surface area contributed by atoms with Crippen molar-refractivity contribution in [1.82, 2.24) is 15.8 Å². The minimum atomic E-state index is -0.450. The van der Waals surface area contributed by atoms with Crippen LogP contribution >= 0.6 is 0 Å². The van der Waals surface area contributed by atoms with Gasteiger partial charge in [-0.25, -0.2) is 4.39 Å². The smallest absolute Gasteiger partial charge is 0.191 e. The number of rotatable bonds is 5. The van der Waals surface area contributed by atoms with E-state index in [0.717, 1.165) is 16.8 Å². The van der Waals surface area contributed by atoms with Crippen molar-refractivity contribution in [2.75, 3.05) is 13.1 Å². The van der Waals surface area contributed by atoms with Crippen molar-refractivity contribution in [3.05, 3.63) is 77.4 Å². The molecule has 1 aromatic heterocycles. The summed E-state index contributed by atoms with van der Waals surface area (Å²) < 4.78 is 20.2. The molecule has 1 aliphatic heterocycles. The average molecular weight is 394 g/mol. The number of aliphatic hydroxyl groups excluding tert-OH is 1. The third kappa shape index (κ3) is 4.46. The summed E-state index contributed by atoms with van der Waals surface area (Å²) in [5, 5.41) is 19.7. The van der Waals surface area contributed by atoms with E-state index in [1.54, 1.807) is 12.1 Å². The van der Waals surface area contributed by atoms with Gasteiger partial charge in [0.2, 0.25) is 0 Å². The van der Waals surface area contributed by atoms with Gasteiger partial charge in [0, 0.05) is 24.1 Å². The van der Waals surface area contributed by atoms with E-state index in [1.807, 2.05) is 49.4 Å². The number of hydrogen-bond acceptors (Lipinski definition) is 6. The number of β-amino-alcohol motifs (C(OH)–C–C–N with tert-alkyl or cyclic N) is 1. The van der Waals surface area contributed by atoms with Crippen LogP contribution in [0.25, 0.3) is 11.1 Å². The zero-order chi connectivity index (χ0) is 20.2. The Labute approximate surface area is 168 Å². The second-order valence-electron chi connectivity index (χ2n) is 7.13. The Hall–Kier alpha value is -3.19. The molecular formula is C22H23FN4O2. The Balaban J connectivity index is 1.43. The summed E-state index contributed by atoms with van der Waals surface area (Å²) in [5.74, 6) is 0.912. The Morgan fingerprint density at radius 1 is 1.24 bits per heavy atom. The van der Waals surface area contributed by atoms with Crippen LogP contribution in [0.5, 0.6) is 0 Å². The van der Waals surface area contributed by atoms with Gasteiger partial charge in [0.05, 0.1) is 19.2 Å². The van der Waals surface area contributed by atoms with E-state index in [1.165, 1.54) is 0 Å². The first kappa shape index (κ1) is 19.1. The van der Waals surface area contributed by atoms with E-state index in [-0.39, 0.29) is 11.7 Å². The zero-order valence-corrected chi connectivity index (χ0v) is 16.1. The Bertz CT molecular complexity index is 1000. The van der Waals surface area contributed by atoms with E-state index in [0.29, 0.717) is 36.9 Å². The highest BCUT2D eigenvalue weighted by atomic mass is 19.1. The fraction of sp³-hybridized carbons (Fsp3) is 0.273. The number of hydrogen-bond donors (Lipinski definition) is 3. The van der Waals surface area contributed by atoms with Crippen molar-refractivity contribution in [2.24, 2.45) is 4.99 Å². The molecule has 2 unspecified atom stereocenters. The molecule has 2 aromatic carbocycles. The van der Waals surface area contributed by atoms with Gasteiger partial charge in [-0.3, -0.25) is 4.99 Å². The lowest BCUT2D eigenvalue weighted by Gasteiger charge is -2.19. The molecular weight excluding hydrogens is 371 g/mol. The summed E-state index contributed by atoms with van der Waals surface area (Å²) in [7, 11) is 0. The summed E-state index contributed by atoms with van der Waals surface area (Å²) in [6, 6.07) is 16.6. The first-order valence-electron chi connectivity index (χ1n) is 9.61. The van der Waals surface area contributed by atoms with Gasteiger partial charge in [0.1, 0.15) is 17.3 Å². The molecule has 0 radical (unpaired) electrons. The molecule has 0 fully saturated rings. The predicted molar refractivity (Wildman–Crippen MR) is 109 cm³/mol. The van der Waals surface area contributed by atoms with Gasteiger partial charge in [-0.15, -0.1) is 0 Å². The van der Waals surface area contributed by atoms with Gasteiger partial charge in [0.15, 0.2) is 5.96 Å². The molecule has 2 heterocycles. The Morgan fingerprint density at radius 3 is 2.79 bits per heavy atom. The minimum absolute atomic E-state index is 0.129. The van der Waals surface area contributed by atoms with Crippen molar-refractivity contribution < 1.29 is 14.0 Å². The van der Waals surface area contributed by atoms with Gasteiger partial charge in [-0.2, -0.15) is 0 Å². The standard InChI is InChI=1S/C22H23FN4O2/c1-14(16-7-8-19(20(23)9-16)15-5-3-2-4-6-15)21-10-17(27-29-21)11-24-22-25-12-18(28)13-26-22/h2-10,14,18,28H,11-13H2,1H3,(H2,24,25,26). The van der Waals surface area contributed by atoms with Crippen LogP contribution in [0.15, 0.2) is 64.1 Å². The summed E-state index contributed by atoms with van der Waals surface area (Å²) in [6.45, 7) is 3.25. The fourth-order valence-corrected chi connectivity index (χ4v) is 3.26. The van der Waals surface area contributed by atoms with Crippen molar-refractivity contribution in [1.29, 1.82) is 0 Å². The zero-order valence-electron chi connectivity index (χ0n) is 16.1. The summed E-state index contributed by atoms with van der Waals surface area (Å²) in [6.07, 6.45) is -0.450. The molecule has 150 valence electrons. The first-order chi connectivity index (χ1) is 14.1. The highest BCUT2D eigenvalue weighted by Crippen LogP contribution is 2.29. The minimum Gasteiger partial charge on any atom is -0.389 e. The van der Waals surface area contributed by atoms with E-state index in [9.17, 15) is 9.50 Å². The van der Waals surface area contributed by atoms with E-state index < -0.39 is 6.10 Å². The largest absolute Gasteiger partial charge is 0.389 e. The van der Waals surface area contributed by atoms with Crippen molar-refractivity contribution in [3.8, 4) is 11.1 Å². The second-order valence-corrected chi connectivity index (χ2v) is 7.13. The maximum Gasteiger partial charge on any atom is 0.191 e. The molecule has 0 aliphatic carbocycles. The lowest BCUT2D eigenvalue weighted by Crippen LogP contribution is -2.45. The quantitative estimate of drug-likeness (QED) is 0.620. The molecule has 0 saturated carbocycles. The van der Waals surface area contributed by atoms with Crippen LogP contribution in [0, 0.1) is 5.82 Å². The molecule has 1 aliphatic rings. The third-order valence-electron chi connectivity index (χ3n) is 4.98. The number of aromatic nitrogens is 1. The molecule has 2 atom stereocenters. The van der Waals surface area contributed by atoms with Gasteiger partial charge < -0.3 is 20.3 Å². The van der Waals surface area contributed by atoms with Crippen LogP contribution in [-0.4, -0.2) is 35.4 Å². The van der Waals surface area contributed by atoms with Crippen molar-refractivity contribution in [2.45, 2.75) is 25.5 Å². The van der Waals surface area contributed by atoms with Crippen LogP contribution in [0.4, 0.5) is 4.39 Å². The highest BCUT2D eigenvalue weighted by Gasteiger charge is 2.17. The molecule has 3 N–H and O–H groups in total. The monoisotopic (exact) mass is 394 g/mol. The fourth-order valence-electron chi connectivity index (χ4n) is 3.26. The summed E-state index contributed by atoms with van der Waals surface area (Å²) in [5.41, 5.74) is 2.98. The lowest BCUT2D eigenvalue weighted by molar-refractivity contribution is 0.180. The summed E-state index contributed by atoms with van der Waals surface area (Å²) >= 11 is 0. The number of nitrogens with one attached hydrogen (secondary N) is 2. The number of aliphatic imine (C=N–C) groups is 1. The van der Waals surface area contributed by atoms with E-state index in [4.69, 9.17) is 4.52 Å². The van der Waals surface area contributed by atoms with Gasteiger partial charge >= 0.3 is 0 Å². The van der Waals surface area contributed by atoms with Gasteiger partial charge in [-0.05, 0) is 17.2 Å². The number of guanidine groups is 1. The second kappa shape index (κ2) is 8.45. The van der Waals surface area contributed by atoms with Crippen LogP contribution in [0.1, 0.15) is 29.9 Å². The van der Waals surface area contributed by atoms with Crippen LogP contribution in [0.2, 0.25) is 0 Å².